The lowest BCUT2D eigenvalue weighted by Crippen LogP contribution is -2.49. The van der Waals surface area contributed by atoms with Crippen molar-refractivity contribution in [3.63, 3.8) is 0 Å². The highest BCUT2D eigenvalue weighted by atomic mass is 32.2. The molecule has 1 aromatic heterocycles. The van der Waals surface area contributed by atoms with Gasteiger partial charge in [-0.1, -0.05) is 18.7 Å². The summed E-state index contributed by atoms with van der Waals surface area (Å²) in [5.41, 5.74) is 2.29. The minimum atomic E-state index is -0.852. The Labute approximate surface area is 131 Å². The predicted octanol–water partition coefficient (Wildman–Crippen LogP) is 2.73. The van der Waals surface area contributed by atoms with Crippen LogP contribution in [0.2, 0.25) is 0 Å². The number of rotatable bonds is 8. The Morgan fingerprint density at radius 2 is 1.86 bits per heavy atom. The zero-order valence-corrected chi connectivity index (χ0v) is 14.3. The minimum Gasteiger partial charge on any atom is -0.480 e. The van der Waals surface area contributed by atoms with Gasteiger partial charge < -0.3 is 10.4 Å². The van der Waals surface area contributed by atoms with Crippen LogP contribution < -0.4 is 5.32 Å². The Hall–Kier alpha value is -1.14. The summed E-state index contributed by atoms with van der Waals surface area (Å²) >= 11 is 1.59. The van der Waals surface area contributed by atoms with E-state index in [4.69, 9.17) is 0 Å². The lowest BCUT2D eigenvalue weighted by molar-refractivity contribution is -0.144. The number of hydrogen-bond acceptors (Lipinski definition) is 5. The molecule has 0 aliphatic heterocycles. The first-order valence-electron chi connectivity index (χ1n) is 7.23. The molecular formula is C15H25N3O2S. The molecule has 21 heavy (non-hydrogen) atoms. The van der Waals surface area contributed by atoms with Crippen LogP contribution in [0.5, 0.6) is 0 Å². The maximum Gasteiger partial charge on any atom is 0.323 e. The molecule has 6 heteroatoms. The Morgan fingerprint density at radius 1 is 1.29 bits per heavy atom. The van der Waals surface area contributed by atoms with Crippen molar-refractivity contribution in [2.45, 2.75) is 58.2 Å². The quantitative estimate of drug-likeness (QED) is 0.437. The predicted molar refractivity (Wildman–Crippen MR) is 85.9 cm³/mol. The SMILES string of the molecule is CCNC(C)(CCCSc1nc(C)c(C)c(C)n1)C(=O)O. The van der Waals surface area contributed by atoms with Crippen LogP contribution in [0.3, 0.4) is 0 Å². The van der Waals surface area contributed by atoms with E-state index in [-0.39, 0.29) is 0 Å². The van der Waals surface area contributed by atoms with Crippen molar-refractivity contribution in [1.82, 2.24) is 15.3 Å². The summed E-state index contributed by atoms with van der Waals surface area (Å²) in [5.74, 6) is 0.0172. The molecule has 0 saturated heterocycles. The average Bonchev–Trinajstić information content (AvgIpc) is 2.41. The van der Waals surface area contributed by atoms with Crippen LogP contribution in [0.25, 0.3) is 0 Å². The first-order valence-corrected chi connectivity index (χ1v) is 8.21. The smallest absolute Gasteiger partial charge is 0.323 e. The minimum absolute atomic E-state index is 0.590. The first kappa shape index (κ1) is 17.9. The Bertz CT molecular complexity index is 485. The van der Waals surface area contributed by atoms with E-state index in [0.717, 1.165) is 34.3 Å². The molecule has 1 heterocycles. The van der Waals surface area contributed by atoms with Crippen molar-refractivity contribution >= 4 is 17.7 Å². The summed E-state index contributed by atoms with van der Waals surface area (Å²) < 4.78 is 0. The summed E-state index contributed by atoms with van der Waals surface area (Å²) in [6.07, 6.45) is 1.39. The lowest BCUT2D eigenvalue weighted by atomic mass is 9.96. The number of aryl methyl sites for hydroxylation is 2. The second-order valence-electron chi connectivity index (χ2n) is 5.42. The van der Waals surface area contributed by atoms with E-state index < -0.39 is 11.5 Å². The molecule has 0 fully saturated rings. The van der Waals surface area contributed by atoms with E-state index in [9.17, 15) is 9.90 Å². The van der Waals surface area contributed by atoms with Gasteiger partial charge in [-0.3, -0.25) is 4.79 Å². The fourth-order valence-electron chi connectivity index (χ4n) is 2.06. The van der Waals surface area contributed by atoms with Gasteiger partial charge in [-0.05, 0) is 52.6 Å². The van der Waals surface area contributed by atoms with Gasteiger partial charge in [0.1, 0.15) is 5.54 Å². The van der Waals surface area contributed by atoms with Crippen molar-refractivity contribution in [3.8, 4) is 0 Å². The van der Waals surface area contributed by atoms with Crippen LogP contribution in [-0.2, 0) is 4.79 Å². The van der Waals surface area contributed by atoms with Gasteiger partial charge in [-0.25, -0.2) is 9.97 Å². The molecule has 0 radical (unpaired) electrons. The summed E-state index contributed by atoms with van der Waals surface area (Å²) in [6, 6.07) is 0. The Kier molecular flexibility index (Phi) is 6.61. The third kappa shape index (κ3) is 4.97. The maximum atomic E-state index is 11.3. The van der Waals surface area contributed by atoms with Gasteiger partial charge in [0.05, 0.1) is 0 Å². The van der Waals surface area contributed by atoms with Crippen LogP contribution in [0.1, 0.15) is 43.6 Å². The number of nitrogens with one attached hydrogen (secondary N) is 1. The van der Waals surface area contributed by atoms with Gasteiger partial charge in [-0.2, -0.15) is 0 Å². The standard InChI is InChI=1S/C15H25N3O2S/c1-6-16-15(5,13(19)20)8-7-9-21-14-17-11(3)10(2)12(4)18-14/h16H,6-9H2,1-5H3,(H,19,20). The van der Waals surface area contributed by atoms with Crippen LogP contribution in [-0.4, -0.2) is 38.9 Å². The highest BCUT2D eigenvalue weighted by Gasteiger charge is 2.31. The Morgan fingerprint density at radius 3 is 2.33 bits per heavy atom. The molecule has 0 aliphatic carbocycles. The zero-order valence-electron chi connectivity index (χ0n) is 13.5. The molecule has 118 valence electrons. The molecular weight excluding hydrogens is 286 g/mol. The van der Waals surface area contributed by atoms with Gasteiger partial charge in [0, 0.05) is 17.1 Å². The largest absolute Gasteiger partial charge is 0.480 e. The van der Waals surface area contributed by atoms with Crippen molar-refractivity contribution < 1.29 is 9.90 Å². The van der Waals surface area contributed by atoms with Crippen molar-refractivity contribution in [3.05, 3.63) is 17.0 Å². The highest BCUT2D eigenvalue weighted by molar-refractivity contribution is 7.99. The topological polar surface area (TPSA) is 75.1 Å². The fraction of sp³-hybridized carbons (Fsp3) is 0.667. The number of aliphatic carboxylic acids is 1. The summed E-state index contributed by atoms with van der Waals surface area (Å²) in [7, 11) is 0. The number of carboxylic acid groups (broad SMARTS) is 1. The molecule has 0 aromatic carbocycles. The van der Waals surface area contributed by atoms with Crippen LogP contribution in [0, 0.1) is 20.8 Å². The second-order valence-corrected chi connectivity index (χ2v) is 6.48. The zero-order chi connectivity index (χ0) is 16.0. The molecule has 0 bridgehead atoms. The molecule has 0 amide bonds. The molecule has 0 aliphatic rings. The molecule has 1 aromatic rings. The number of likely N-dealkylation sites (N-methyl/N-ethyl adjacent to an activating group) is 1. The van der Waals surface area contributed by atoms with E-state index in [1.54, 1.807) is 18.7 Å². The highest BCUT2D eigenvalue weighted by Crippen LogP contribution is 2.21. The van der Waals surface area contributed by atoms with Gasteiger partial charge in [0.25, 0.3) is 0 Å². The van der Waals surface area contributed by atoms with Gasteiger partial charge in [-0.15, -0.1) is 0 Å². The van der Waals surface area contributed by atoms with E-state index in [1.165, 1.54) is 0 Å². The molecule has 2 N–H and O–H groups in total. The van der Waals surface area contributed by atoms with Crippen LogP contribution in [0.15, 0.2) is 5.16 Å². The van der Waals surface area contributed by atoms with Crippen molar-refractivity contribution in [1.29, 1.82) is 0 Å². The number of hydrogen-bond donors (Lipinski definition) is 2. The first-order chi connectivity index (χ1) is 9.80. The molecule has 0 saturated carbocycles. The molecule has 0 spiro atoms. The normalized spacial score (nSPS) is 14.0. The summed E-state index contributed by atoms with van der Waals surface area (Å²) in [6.45, 7) is 10.3. The molecule has 1 rings (SSSR count). The lowest BCUT2D eigenvalue weighted by Gasteiger charge is -2.25. The van der Waals surface area contributed by atoms with E-state index in [2.05, 4.69) is 15.3 Å². The second kappa shape index (κ2) is 7.75. The molecule has 5 nitrogen and oxygen atoms in total. The Balaban J connectivity index is 2.52. The van der Waals surface area contributed by atoms with E-state index >= 15 is 0 Å². The van der Waals surface area contributed by atoms with Crippen molar-refractivity contribution in [2.75, 3.05) is 12.3 Å². The number of thioether (sulfide) groups is 1. The fourth-order valence-corrected chi connectivity index (χ4v) is 2.93. The van der Waals surface area contributed by atoms with Gasteiger partial charge in [0.2, 0.25) is 0 Å². The maximum absolute atomic E-state index is 11.3. The number of carbonyl (C=O) groups is 1. The third-order valence-corrected chi connectivity index (χ3v) is 4.64. The molecule has 1 unspecified atom stereocenters. The van der Waals surface area contributed by atoms with Crippen molar-refractivity contribution in [2.24, 2.45) is 0 Å². The number of carboxylic acids is 1. The van der Waals surface area contributed by atoms with Crippen LogP contribution in [0.4, 0.5) is 0 Å². The van der Waals surface area contributed by atoms with E-state index in [1.807, 2.05) is 27.7 Å². The van der Waals surface area contributed by atoms with Crippen LogP contribution >= 0.6 is 11.8 Å². The number of aromatic nitrogens is 2. The van der Waals surface area contributed by atoms with Gasteiger partial charge in [0.15, 0.2) is 5.16 Å². The number of nitrogens with zero attached hydrogens (tertiary/aromatic N) is 2. The summed E-state index contributed by atoms with van der Waals surface area (Å²) in [5, 5.41) is 13.1. The third-order valence-electron chi connectivity index (χ3n) is 3.70. The monoisotopic (exact) mass is 311 g/mol. The molecule has 1 atom stereocenters. The van der Waals surface area contributed by atoms with Gasteiger partial charge >= 0.3 is 5.97 Å². The van der Waals surface area contributed by atoms with E-state index in [0.29, 0.717) is 13.0 Å². The summed E-state index contributed by atoms with van der Waals surface area (Å²) in [4.78, 5) is 20.2. The average molecular weight is 311 g/mol.